The molecule has 1 aromatic carbocycles. The van der Waals surface area contributed by atoms with Crippen molar-refractivity contribution in [3.05, 3.63) is 65.7 Å². The van der Waals surface area contributed by atoms with Crippen molar-refractivity contribution in [2.24, 2.45) is 4.99 Å². The van der Waals surface area contributed by atoms with Crippen molar-refractivity contribution in [3.8, 4) is 0 Å². The maximum atomic E-state index is 13.5. The van der Waals surface area contributed by atoms with Gasteiger partial charge in [-0.15, -0.1) is 0 Å². The first-order valence-corrected chi connectivity index (χ1v) is 7.57. The van der Waals surface area contributed by atoms with Crippen LogP contribution in [0.5, 0.6) is 0 Å². The van der Waals surface area contributed by atoms with Gasteiger partial charge >= 0.3 is 0 Å². The number of hydrogen-bond donors (Lipinski definition) is 3. The summed E-state index contributed by atoms with van der Waals surface area (Å²) in [7, 11) is 1.63. The first kappa shape index (κ1) is 17.4. The molecule has 0 saturated heterocycles. The second-order valence-electron chi connectivity index (χ2n) is 4.94. The number of nitrogens with one attached hydrogen (secondary N) is 3. The Labute approximate surface area is 140 Å². The molecule has 0 unspecified atom stereocenters. The minimum absolute atomic E-state index is 0.181. The van der Waals surface area contributed by atoms with E-state index in [1.54, 1.807) is 43.6 Å². The quantitative estimate of drug-likeness (QED) is 0.424. The van der Waals surface area contributed by atoms with E-state index < -0.39 is 0 Å². The normalized spacial score (nSPS) is 11.0. The van der Waals surface area contributed by atoms with Crippen LogP contribution in [0.4, 0.5) is 4.39 Å². The van der Waals surface area contributed by atoms with E-state index in [1.165, 1.54) is 12.3 Å². The summed E-state index contributed by atoms with van der Waals surface area (Å²) >= 11 is 0. The molecule has 0 bridgehead atoms. The number of halogens is 1. The SMILES string of the molecule is CN=C(NCCNC(=O)c1cccnc1)NCc1ccccc1F. The molecule has 1 amide bonds. The molecule has 0 spiro atoms. The fourth-order valence-electron chi connectivity index (χ4n) is 2.00. The molecule has 2 rings (SSSR count). The molecule has 6 nitrogen and oxygen atoms in total. The van der Waals surface area contributed by atoms with Crippen LogP contribution in [0.25, 0.3) is 0 Å². The Bertz CT molecular complexity index is 690. The van der Waals surface area contributed by atoms with Crippen molar-refractivity contribution in [2.45, 2.75) is 6.54 Å². The number of aliphatic imine (C=N–C) groups is 1. The van der Waals surface area contributed by atoms with Crippen molar-refractivity contribution in [1.82, 2.24) is 20.9 Å². The van der Waals surface area contributed by atoms with E-state index in [4.69, 9.17) is 0 Å². The van der Waals surface area contributed by atoms with E-state index in [-0.39, 0.29) is 11.7 Å². The topological polar surface area (TPSA) is 78.4 Å². The molecule has 0 aliphatic rings. The van der Waals surface area contributed by atoms with E-state index in [9.17, 15) is 9.18 Å². The van der Waals surface area contributed by atoms with Crippen molar-refractivity contribution in [2.75, 3.05) is 20.1 Å². The average Bonchev–Trinajstić information content (AvgIpc) is 2.63. The summed E-state index contributed by atoms with van der Waals surface area (Å²) in [6.45, 7) is 1.24. The van der Waals surface area contributed by atoms with Crippen LogP contribution in [0.15, 0.2) is 53.8 Å². The smallest absolute Gasteiger partial charge is 0.252 e. The predicted octanol–water partition coefficient (Wildman–Crippen LogP) is 1.32. The van der Waals surface area contributed by atoms with Crippen molar-refractivity contribution in [3.63, 3.8) is 0 Å². The van der Waals surface area contributed by atoms with E-state index in [1.807, 2.05) is 0 Å². The molecule has 0 atom stereocenters. The summed E-state index contributed by atoms with van der Waals surface area (Å²) < 4.78 is 13.5. The predicted molar refractivity (Wildman–Crippen MR) is 91.2 cm³/mol. The summed E-state index contributed by atoms with van der Waals surface area (Å²) in [6.07, 6.45) is 3.13. The lowest BCUT2D eigenvalue weighted by molar-refractivity contribution is 0.0954. The number of guanidine groups is 1. The third-order valence-electron chi connectivity index (χ3n) is 3.25. The zero-order valence-electron chi connectivity index (χ0n) is 13.4. The molecular formula is C17H20FN5O. The zero-order valence-corrected chi connectivity index (χ0v) is 13.4. The molecule has 0 radical (unpaired) electrons. The van der Waals surface area contributed by atoms with Crippen LogP contribution in [-0.4, -0.2) is 37.0 Å². The molecule has 0 aliphatic heterocycles. The minimum Gasteiger partial charge on any atom is -0.355 e. The number of pyridine rings is 1. The second-order valence-corrected chi connectivity index (χ2v) is 4.94. The summed E-state index contributed by atoms with van der Waals surface area (Å²) in [4.78, 5) is 19.8. The summed E-state index contributed by atoms with van der Waals surface area (Å²) in [5, 5.41) is 8.85. The Balaban J connectivity index is 1.70. The highest BCUT2D eigenvalue weighted by molar-refractivity contribution is 5.93. The number of carbonyl (C=O) groups excluding carboxylic acids is 1. The lowest BCUT2D eigenvalue weighted by atomic mass is 10.2. The maximum absolute atomic E-state index is 13.5. The third-order valence-corrected chi connectivity index (χ3v) is 3.25. The first-order chi connectivity index (χ1) is 11.7. The number of amides is 1. The van der Waals surface area contributed by atoms with Gasteiger partial charge in [-0.05, 0) is 18.2 Å². The molecule has 1 aromatic heterocycles. The number of aromatic nitrogens is 1. The maximum Gasteiger partial charge on any atom is 0.252 e. The molecule has 7 heteroatoms. The van der Waals surface area contributed by atoms with Crippen LogP contribution >= 0.6 is 0 Å². The number of hydrogen-bond acceptors (Lipinski definition) is 3. The monoisotopic (exact) mass is 329 g/mol. The van der Waals surface area contributed by atoms with Gasteiger partial charge in [0.1, 0.15) is 5.82 Å². The molecule has 1 heterocycles. The van der Waals surface area contributed by atoms with Gasteiger partial charge in [0.2, 0.25) is 0 Å². The lowest BCUT2D eigenvalue weighted by Crippen LogP contribution is -2.41. The lowest BCUT2D eigenvalue weighted by Gasteiger charge is -2.12. The summed E-state index contributed by atoms with van der Waals surface area (Å²) in [5.74, 6) is 0.0947. The van der Waals surface area contributed by atoms with Gasteiger partial charge in [0.15, 0.2) is 5.96 Å². The highest BCUT2D eigenvalue weighted by atomic mass is 19.1. The van der Waals surface area contributed by atoms with Crippen LogP contribution in [0, 0.1) is 5.82 Å². The summed E-state index contributed by atoms with van der Waals surface area (Å²) in [5.41, 5.74) is 1.07. The van der Waals surface area contributed by atoms with Gasteiger partial charge in [0.05, 0.1) is 5.56 Å². The molecule has 3 N–H and O–H groups in total. The fraction of sp³-hybridized carbons (Fsp3) is 0.235. The van der Waals surface area contributed by atoms with E-state index in [0.29, 0.717) is 36.7 Å². The van der Waals surface area contributed by atoms with Gasteiger partial charge in [0.25, 0.3) is 5.91 Å². The highest BCUT2D eigenvalue weighted by Crippen LogP contribution is 2.05. The number of carbonyl (C=O) groups is 1. The Morgan fingerprint density at radius 3 is 2.62 bits per heavy atom. The van der Waals surface area contributed by atoms with Crippen LogP contribution in [0.3, 0.4) is 0 Å². The van der Waals surface area contributed by atoms with Gasteiger partial charge in [-0.2, -0.15) is 0 Å². The highest BCUT2D eigenvalue weighted by Gasteiger charge is 2.05. The fourth-order valence-corrected chi connectivity index (χ4v) is 2.00. The molecule has 0 saturated carbocycles. The van der Waals surface area contributed by atoms with E-state index in [2.05, 4.69) is 25.9 Å². The van der Waals surface area contributed by atoms with Crippen LogP contribution in [0.1, 0.15) is 15.9 Å². The summed E-state index contributed by atoms with van der Waals surface area (Å²) in [6, 6.07) is 9.97. The van der Waals surface area contributed by atoms with E-state index in [0.717, 1.165) is 0 Å². The van der Waals surface area contributed by atoms with Gasteiger partial charge in [0, 0.05) is 44.6 Å². The first-order valence-electron chi connectivity index (χ1n) is 7.57. The van der Waals surface area contributed by atoms with Gasteiger partial charge in [-0.25, -0.2) is 4.39 Å². The van der Waals surface area contributed by atoms with Gasteiger partial charge in [-0.1, -0.05) is 18.2 Å². The van der Waals surface area contributed by atoms with Crippen LogP contribution in [0.2, 0.25) is 0 Å². The van der Waals surface area contributed by atoms with Crippen molar-refractivity contribution in [1.29, 1.82) is 0 Å². The number of rotatable bonds is 6. The molecule has 0 aliphatic carbocycles. The van der Waals surface area contributed by atoms with Gasteiger partial charge < -0.3 is 16.0 Å². The molecule has 2 aromatic rings. The molecule has 0 fully saturated rings. The second kappa shape index (κ2) is 9.24. The standard InChI is InChI=1S/C17H20FN5O/c1-19-17(23-12-13-5-2-3-7-15(13)18)22-10-9-21-16(24)14-6-4-8-20-11-14/h2-8,11H,9-10,12H2,1H3,(H,21,24)(H2,19,22,23). The largest absolute Gasteiger partial charge is 0.355 e. The molecular weight excluding hydrogens is 309 g/mol. The minimum atomic E-state index is -0.260. The number of nitrogens with zero attached hydrogens (tertiary/aromatic N) is 2. The van der Waals surface area contributed by atoms with Crippen molar-refractivity contribution < 1.29 is 9.18 Å². The number of benzene rings is 1. The Hall–Kier alpha value is -2.96. The van der Waals surface area contributed by atoms with E-state index >= 15 is 0 Å². The van der Waals surface area contributed by atoms with Gasteiger partial charge in [-0.3, -0.25) is 14.8 Å². The van der Waals surface area contributed by atoms with Crippen molar-refractivity contribution >= 4 is 11.9 Å². The average molecular weight is 329 g/mol. The molecule has 24 heavy (non-hydrogen) atoms. The van der Waals surface area contributed by atoms with Crippen LogP contribution < -0.4 is 16.0 Å². The Kier molecular flexibility index (Phi) is 6.70. The Morgan fingerprint density at radius 2 is 1.92 bits per heavy atom. The third kappa shape index (κ3) is 5.35. The molecule has 126 valence electrons. The van der Waals surface area contributed by atoms with Crippen LogP contribution in [-0.2, 0) is 6.54 Å². The Morgan fingerprint density at radius 1 is 1.12 bits per heavy atom. The zero-order chi connectivity index (χ0) is 17.2.